The van der Waals surface area contributed by atoms with Crippen molar-refractivity contribution >= 4 is 14.0 Å². The molecular formula is C24H28F3NO2Si. The zero-order valence-electron chi connectivity index (χ0n) is 18.5. The SMILES string of the molecule is CC(C)(C)[Si](C)(C)OCC#C/C(=N\OCc1ccccc1)c1ccc(C(F)(F)F)cc1. The Morgan fingerprint density at radius 1 is 0.968 bits per heavy atom. The van der Waals surface area contributed by atoms with Crippen LogP contribution in [0.25, 0.3) is 0 Å². The molecular weight excluding hydrogens is 419 g/mol. The molecule has 0 bridgehead atoms. The number of halogens is 3. The van der Waals surface area contributed by atoms with Gasteiger partial charge in [0.1, 0.15) is 6.61 Å². The van der Waals surface area contributed by atoms with Gasteiger partial charge < -0.3 is 9.26 Å². The largest absolute Gasteiger partial charge is 0.416 e. The fourth-order valence-corrected chi connectivity index (χ4v) is 3.13. The maximum atomic E-state index is 12.9. The molecule has 0 atom stereocenters. The maximum absolute atomic E-state index is 12.9. The fraction of sp³-hybridized carbons (Fsp3) is 0.375. The summed E-state index contributed by atoms with van der Waals surface area (Å²) in [4.78, 5) is 5.42. The summed E-state index contributed by atoms with van der Waals surface area (Å²) in [5.41, 5.74) is 0.895. The van der Waals surface area contributed by atoms with Crippen molar-refractivity contribution in [2.75, 3.05) is 6.61 Å². The molecule has 2 rings (SSSR count). The minimum Gasteiger partial charge on any atom is -0.406 e. The van der Waals surface area contributed by atoms with Crippen LogP contribution >= 0.6 is 0 Å². The predicted molar refractivity (Wildman–Crippen MR) is 120 cm³/mol. The van der Waals surface area contributed by atoms with Gasteiger partial charge in [0.2, 0.25) is 0 Å². The first-order chi connectivity index (χ1) is 14.4. The molecule has 0 unspecified atom stereocenters. The van der Waals surface area contributed by atoms with Crippen LogP contribution in [0.15, 0.2) is 59.8 Å². The molecule has 0 aliphatic heterocycles. The van der Waals surface area contributed by atoms with Crippen LogP contribution in [0.3, 0.4) is 0 Å². The number of oxime groups is 1. The highest BCUT2D eigenvalue weighted by atomic mass is 28.4. The van der Waals surface area contributed by atoms with E-state index in [1.54, 1.807) is 0 Å². The lowest BCUT2D eigenvalue weighted by Gasteiger charge is -2.35. The van der Waals surface area contributed by atoms with Crippen molar-refractivity contribution in [1.82, 2.24) is 0 Å². The van der Waals surface area contributed by atoms with E-state index in [1.165, 1.54) is 12.1 Å². The van der Waals surface area contributed by atoms with Gasteiger partial charge in [-0.3, -0.25) is 0 Å². The summed E-state index contributed by atoms with van der Waals surface area (Å²) in [5, 5.41) is 4.13. The molecule has 0 amide bonds. The van der Waals surface area contributed by atoms with Crippen LogP contribution in [0.2, 0.25) is 18.1 Å². The van der Waals surface area contributed by atoms with E-state index in [9.17, 15) is 13.2 Å². The minimum atomic E-state index is -4.40. The van der Waals surface area contributed by atoms with E-state index in [-0.39, 0.29) is 24.0 Å². The monoisotopic (exact) mass is 447 g/mol. The van der Waals surface area contributed by atoms with Crippen LogP contribution in [0.1, 0.15) is 37.5 Å². The molecule has 31 heavy (non-hydrogen) atoms. The molecule has 2 aromatic rings. The number of hydrogen-bond donors (Lipinski definition) is 0. The Kier molecular flexibility index (Phi) is 8.10. The lowest BCUT2D eigenvalue weighted by Crippen LogP contribution is -2.40. The number of rotatable bonds is 6. The molecule has 166 valence electrons. The Morgan fingerprint density at radius 2 is 1.58 bits per heavy atom. The van der Waals surface area contributed by atoms with Crippen molar-refractivity contribution in [1.29, 1.82) is 0 Å². The Morgan fingerprint density at radius 3 is 2.13 bits per heavy atom. The fourth-order valence-electron chi connectivity index (χ4n) is 2.26. The van der Waals surface area contributed by atoms with Crippen molar-refractivity contribution in [2.45, 2.75) is 51.7 Å². The third-order valence-corrected chi connectivity index (χ3v) is 9.71. The van der Waals surface area contributed by atoms with Gasteiger partial charge in [-0.1, -0.05) is 74.3 Å². The number of hydrogen-bond acceptors (Lipinski definition) is 3. The number of benzene rings is 2. The molecule has 0 aromatic heterocycles. The molecule has 0 aliphatic carbocycles. The van der Waals surface area contributed by atoms with Crippen molar-refractivity contribution < 1.29 is 22.4 Å². The maximum Gasteiger partial charge on any atom is 0.416 e. The molecule has 0 radical (unpaired) electrons. The summed E-state index contributed by atoms with van der Waals surface area (Å²) in [6.45, 7) is 11.1. The second-order valence-electron chi connectivity index (χ2n) is 8.62. The Labute approximate surface area is 183 Å². The molecule has 0 spiro atoms. The standard InChI is InChI=1S/C24H28F3NO2Si/c1-23(2,3)31(4,5)30-17-9-12-22(28-29-18-19-10-7-6-8-11-19)20-13-15-21(16-14-20)24(25,26)27/h6-8,10-11,13-16H,17-18H2,1-5H3/b28-22+. The van der Waals surface area contributed by atoms with E-state index in [2.05, 4.69) is 50.9 Å². The van der Waals surface area contributed by atoms with Crippen molar-refractivity contribution in [3.8, 4) is 11.8 Å². The van der Waals surface area contributed by atoms with Crippen LogP contribution in [0, 0.1) is 11.8 Å². The molecule has 0 N–H and O–H groups in total. The van der Waals surface area contributed by atoms with Gasteiger partial charge in [0.05, 0.1) is 12.2 Å². The third-order valence-electron chi connectivity index (χ3n) is 5.23. The summed E-state index contributed by atoms with van der Waals surface area (Å²) in [5.74, 6) is 5.83. The van der Waals surface area contributed by atoms with Crippen LogP contribution in [0.5, 0.6) is 0 Å². The Hall–Kier alpha value is -2.56. The number of nitrogens with zero attached hydrogens (tertiary/aromatic N) is 1. The van der Waals surface area contributed by atoms with Crippen LogP contribution in [-0.2, 0) is 22.0 Å². The molecule has 0 saturated carbocycles. The minimum absolute atomic E-state index is 0.0534. The lowest BCUT2D eigenvalue weighted by atomic mass is 10.1. The average molecular weight is 448 g/mol. The normalized spacial score (nSPS) is 12.8. The van der Waals surface area contributed by atoms with Gasteiger partial charge in [0.15, 0.2) is 14.0 Å². The predicted octanol–water partition coefficient (Wildman–Crippen LogP) is 6.65. The van der Waals surface area contributed by atoms with E-state index in [0.29, 0.717) is 5.56 Å². The van der Waals surface area contributed by atoms with Crippen LogP contribution in [0.4, 0.5) is 13.2 Å². The number of alkyl halides is 3. The first kappa shape index (κ1) is 24.7. The van der Waals surface area contributed by atoms with Gasteiger partial charge in [-0.2, -0.15) is 13.2 Å². The summed E-state index contributed by atoms with van der Waals surface area (Å²) < 4.78 is 44.7. The van der Waals surface area contributed by atoms with Gasteiger partial charge in [0, 0.05) is 5.56 Å². The second kappa shape index (κ2) is 10.2. The van der Waals surface area contributed by atoms with Crippen molar-refractivity contribution in [3.63, 3.8) is 0 Å². The summed E-state index contributed by atoms with van der Waals surface area (Å²) in [6, 6.07) is 14.2. The van der Waals surface area contributed by atoms with E-state index in [1.807, 2.05) is 30.3 Å². The first-order valence-corrected chi connectivity index (χ1v) is 12.9. The third kappa shape index (κ3) is 7.57. The van der Waals surface area contributed by atoms with Crippen LogP contribution < -0.4 is 0 Å². The topological polar surface area (TPSA) is 30.8 Å². The van der Waals surface area contributed by atoms with E-state index in [4.69, 9.17) is 9.26 Å². The molecule has 0 saturated heterocycles. The molecule has 7 heteroatoms. The van der Waals surface area contributed by atoms with E-state index in [0.717, 1.165) is 17.7 Å². The van der Waals surface area contributed by atoms with Gasteiger partial charge in [-0.25, -0.2) is 0 Å². The average Bonchev–Trinajstić information content (AvgIpc) is 2.69. The van der Waals surface area contributed by atoms with Crippen LogP contribution in [-0.4, -0.2) is 20.6 Å². The highest BCUT2D eigenvalue weighted by molar-refractivity contribution is 6.74. The smallest absolute Gasteiger partial charge is 0.406 e. The van der Waals surface area contributed by atoms with E-state index >= 15 is 0 Å². The molecule has 3 nitrogen and oxygen atoms in total. The molecule has 0 heterocycles. The highest BCUT2D eigenvalue weighted by Crippen LogP contribution is 2.36. The van der Waals surface area contributed by atoms with Gasteiger partial charge in [-0.05, 0) is 41.7 Å². The lowest BCUT2D eigenvalue weighted by molar-refractivity contribution is -0.137. The van der Waals surface area contributed by atoms with Gasteiger partial charge in [0.25, 0.3) is 0 Å². The molecule has 2 aromatic carbocycles. The summed E-state index contributed by atoms with van der Waals surface area (Å²) in [6.07, 6.45) is -4.40. The molecule has 0 aliphatic rings. The zero-order valence-corrected chi connectivity index (χ0v) is 19.5. The highest BCUT2D eigenvalue weighted by Gasteiger charge is 2.36. The quantitative estimate of drug-likeness (QED) is 0.215. The van der Waals surface area contributed by atoms with Gasteiger partial charge >= 0.3 is 6.18 Å². The zero-order chi connectivity index (χ0) is 23.1. The Balaban J connectivity index is 2.19. The summed E-state index contributed by atoms with van der Waals surface area (Å²) >= 11 is 0. The first-order valence-electron chi connectivity index (χ1n) is 9.94. The Bertz CT molecular complexity index is 935. The van der Waals surface area contributed by atoms with Gasteiger partial charge in [-0.15, -0.1) is 0 Å². The van der Waals surface area contributed by atoms with E-state index < -0.39 is 20.1 Å². The molecule has 0 fully saturated rings. The van der Waals surface area contributed by atoms with Crippen molar-refractivity contribution in [2.24, 2.45) is 5.16 Å². The summed E-state index contributed by atoms with van der Waals surface area (Å²) in [7, 11) is -1.95. The van der Waals surface area contributed by atoms with Crippen molar-refractivity contribution in [3.05, 3.63) is 71.3 Å². The second-order valence-corrected chi connectivity index (χ2v) is 13.4.